The highest BCUT2D eigenvalue weighted by molar-refractivity contribution is 5.69. The monoisotopic (exact) mass is 264 g/mol. The minimum atomic E-state index is -0.436. The Labute approximate surface area is 115 Å². The van der Waals surface area contributed by atoms with E-state index in [4.69, 9.17) is 9.47 Å². The second kappa shape index (κ2) is 6.60. The lowest BCUT2D eigenvalue weighted by Gasteiger charge is -2.19. The third kappa shape index (κ3) is 6.27. The average molecular weight is 264 g/mol. The van der Waals surface area contributed by atoms with Crippen LogP contribution in [0.1, 0.15) is 52.5 Å². The smallest absolute Gasteiger partial charge is 0.309 e. The summed E-state index contributed by atoms with van der Waals surface area (Å²) >= 11 is 0. The Morgan fingerprint density at radius 2 is 1.95 bits per heavy atom. The highest BCUT2D eigenvalue weighted by Gasteiger charge is 2.15. The molecule has 0 aliphatic rings. The topological polar surface area (TPSA) is 35.5 Å². The molecular formula is C16H24O3. The number of esters is 1. The fraction of sp³-hybridized carbons (Fsp3) is 0.562. The molecule has 3 heteroatoms. The Morgan fingerprint density at radius 1 is 1.26 bits per heavy atom. The van der Waals surface area contributed by atoms with Gasteiger partial charge in [0.15, 0.2) is 0 Å². The predicted octanol–water partition coefficient (Wildman–Crippen LogP) is 3.92. The molecule has 0 fully saturated rings. The number of hydrogen-bond acceptors (Lipinski definition) is 3. The van der Waals surface area contributed by atoms with Crippen molar-refractivity contribution < 1.29 is 14.3 Å². The van der Waals surface area contributed by atoms with E-state index in [1.165, 1.54) is 5.56 Å². The Kier molecular flexibility index (Phi) is 5.40. The first-order chi connectivity index (χ1) is 8.78. The average Bonchev–Trinajstić information content (AvgIpc) is 2.27. The molecule has 0 spiro atoms. The fourth-order valence-corrected chi connectivity index (χ4v) is 1.61. The lowest BCUT2D eigenvalue weighted by molar-refractivity contribution is -0.155. The largest absolute Gasteiger partial charge is 0.493 e. The van der Waals surface area contributed by atoms with Crippen molar-refractivity contribution in [3.63, 3.8) is 0 Å². The molecule has 0 amide bonds. The van der Waals surface area contributed by atoms with Gasteiger partial charge in [0.25, 0.3) is 0 Å². The molecule has 0 bridgehead atoms. The third-order valence-corrected chi connectivity index (χ3v) is 2.52. The van der Waals surface area contributed by atoms with Crippen molar-refractivity contribution in [2.45, 2.75) is 52.6 Å². The van der Waals surface area contributed by atoms with Crippen molar-refractivity contribution in [1.82, 2.24) is 0 Å². The zero-order valence-corrected chi connectivity index (χ0v) is 12.5. The molecule has 0 aliphatic heterocycles. The Hall–Kier alpha value is -1.51. The Morgan fingerprint density at radius 3 is 2.53 bits per heavy atom. The lowest BCUT2D eigenvalue weighted by Crippen LogP contribution is -2.24. The van der Waals surface area contributed by atoms with E-state index in [2.05, 4.69) is 19.9 Å². The molecule has 0 unspecified atom stereocenters. The summed E-state index contributed by atoms with van der Waals surface area (Å²) in [6.07, 6.45) is 0.267. The van der Waals surface area contributed by atoms with Gasteiger partial charge in [0.2, 0.25) is 0 Å². The maximum atomic E-state index is 11.5. The van der Waals surface area contributed by atoms with Crippen molar-refractivity contribution in [3.05, 3.63) is 29.8 Å². The van der Waals surface area contributed by atoms with Gasteiger partial charge in [-0.25, -0.2) is 0 Å². The maximum Gasteiger partial charge on any atom is 0.309 e. The second-order valence-electron chi connectivity index (χ2n) is 5.91. The van der Waals surface area contributed by atoms with Crippen molar-refractivity contribution >= 4 is 5.97 Å². The zero-order chi connectivity index (χ0) is 14.5. The van der Waals surface area contributed by atoms with E-state index in [-0.39, 0.29) is 12.4 Å². The minimum absolute atomic E-state index is 0.229. The summed E-state index contributed by atoms with van der Waals surface area (Å²) in [7, 11) is 0. The van der Waals surface area contributed by atoms with E-state index < -0.39 is 5.60 Å². The van der Waals surface area contributed by atoms with Crippen LogP contribution in [0.2, 0.25) is 0 Å². The molecule has 1 aromatic rings. The summed E-state index contributed by atoms with van der Waals surface area (Å²) in [5, 5.41) is 0. The first-order valence-corrected chi connectivity index (χ1v) is 6.72. The number of benzene rings is 1. The standard InChI is InChI=1S/C16H24O3/c1-12(2)13-7-6-8-14(11-13)18-10-9-15(17)19-16(3,4)5/h6-8,11-12H,9-10H2,1-5H3. The van der Waals surface area contributed by atoms with Crippen LogP contribution in [0.5, 0.6) is 5.75 Å². The van der Waals surface area contributed by atoms with Crippen molar-refractivity contribution in [3.8, 4) is 5.75 Å². The lowest BCUT2D eigenvalue weighted by atomic mass is 10.0. The van der Waals surface area contributed by atoms with Crippen LogP contribution in [0.3, 0.4) is 0 Å². The molecule has 0 radical (unpaired) electrons. The molecule has 0 aliphatic carbocycles. The van der Waals surface area contributed by atoms with Crippen LogP contribution in [0, 0.1) is 0 Å². The maximum absolute atomic E-state index is 11.5. The van der Waals surface area contributed by atoms with Crippen LogP contribution >= 0.6 is 0 Å². The number of carbonyl (C=O) groups excluding carboxylic acids is 1. The summed E-state index contributed by atoms with van der Waals surface area (Å²) < 4.78 is 10.8. The molecule has 106 valence electrons. The molecule has 0 saturated heterocycles. The van der Waals surface area contributed by atoms with Gasteiger partial charge >= 0.3 is 5.97 Å². The molecule has 1 aromatic carbocycles. The summed E-state index contributed by atoms with van der Waals surface area (Å²) in [6.45, 7) is 10.2. The summed E-state index contributed by atoms with van der Waals surface area (Å²) in [5.41, 5.74) is 0.795. The van der Waals surface area contributed by atoms with Gasteiger partial charge in [-0.1, -0.05) is 26.0 Å². The molecule has 1 rings (SSSR count). The van der Waals surface area contributed by atoms with E-state index in [1.54, 1.807) is 0 Å². The van der Waals surface area contributed by atoms with Crippen molar-refractivity contribution in [2.75, 3.05) is 6.61 Å². The molecular weight excluding hydrogens is 240 g/mol. The van der Waals surface area contributed by atoms with Crippen LogP contribution in [0.25, 0.3) is 0 Å². The normalized spacial score (nSPS) is 11.5. The first-order valence-electron chi connectivity index (χ1n) is 6.72. The molecule has 19 heavy (non-hydrogen) atoms. The Bertz CT molecular complexity index is 416. The highest BCUT2D eigenvalue weighted by atomic mass is 16.6. The molecule has 3 nitrogen and oxygen atoms in total. The predicted molar refractivity (Wildman–Crippen MR) is 76.5 cm³/mol. The zero-order valence-electron chi connectivity index (χ0n) is 12.5. The van der Waals surface area contributed by atoms with Gasteiger partial charge in [-0.15, -0.1) is 0 Å². The molecule has 0 atom stereocenters. The van der Waals surface area contributed by atoms with Gasteiger partial charge in [0.1, 0.15) is 11.4 Å². The molecule has 0 N–H and O–H groups in total. The van der Waals surface area contributed by atoms with E-state index >= 15 is 0 Å². The highest BCUT2D eigenvalue weighted by Crippen LogP contribution is 2.20. The number of ether oxygens (including phenoxy) is 2. The number of rotatable bonds is 5. The summed E-state index contributed by atoms with van der Waals surface area (Å²) in [6, 6.07) is 7.96. The Balaban J connectivity index is 2.41. The van der Waals surface area contributed by atoms with Gasteiger partial charge in [-0.05, 0) is 44.4 Å². The fourth-order valence-electron chi connectivity index (χ4n) is 1.61. The van der Waals surface area contributed by atoms with Crippen LogP contribution in [0.4, 0.5) is 0 Å². The van der Waals surface area contributed by atoms with Gasteiger partial charge < -0.3 is 9.47 Å². The number of hydrogen-bond donors (Lipinski definition) is 0. The van der Waals surface area contributed by atoms with Gasteiger partial charge in [-0.2, -0.15) is 0 Å². The van der Waals surface area contributed by atoms with E-state index in [0.717, 1.165) is 5.75 Å². The van der Waals surface area contributed by atoms with E-state index in [1.807, 2.05) is 39.0 Å². The first kappa shape index (κ1) is 15.5. The van der Waals surface area contributed by atoms with Crippen LogP contribution in [0.15, 0.2) is 24.3 Å². The van der Waals surface area contributed by atoms with Crippen LogP contribution in [-0.4, -0.2) is 18.2 Å². The quantitative estimate of drug-likeness (QED) is 0.756. The SMILES string of the molecule is CC(C)c1cccc(OCCC(=O)OC(C)(C)C)c1. The third-order valence-electron chi connectivity index (χ3n) is 2.52. The van der Waals surface area contributed by atoms with Gasteiger partial charge in [-0.3, -0.25) is 4.79 Å². The summed E-state index contributed by atoms with van der Waals surface area (Å²) in [4.78, 5) is 11.5. The van der Waals surface area contributed by atoms with Crippen LogP contribution in [-0.2, 0) is 9.53 Å². The molecule has 0 saturated carbocycles. The van der Waals surface area contributed by atoms with Crippen LogP contribution < -0.4 is 4.74 Å². The molecule has 0 aromatic heterocycles. The molecule has 0 heterocycles. The van der Waals surface area contributed by atoms with Gasteiger partial charge in [0.05, 0.1) is 13.0 Å². The van der Waals surface area contributed by atoms with E-state index in [9.17, 15) is 4.79 Å². The second-order valence-corrected chi connectivity index (χ2v) is 5.91. The number of carbonyl (C=O) groups is 1. The van der Waals surface area contributed by atoms with Crippen molar-refractivity contribution in [2.24, 2.45) is 0 Å². The van der Waals surface area contributed by atoms with Gasteiger partial charge in [0, 0.05) is 0 Å². The minimum Gasteiger partial charge on any atom is -0.493 e. The summed E-state index contributed by atoms with van der Waals surface area (Å²) in [5.74, 6) is 1.04. The van der Waals surface area contributed by atoms with Crippen molar-refractivity contribution in [1.29, 1.82) is 0 Å². The van der Waals surface area contributed by atoms with E-state index in [0.29, 0.717) is 12.5 Å².